The minimum atomic E-state index is -0.363. The fraction of sp³-hybridized carbons (Fsp3) is 0.923. The van der Waals surface area contributed by atoms with Crippen LogP contribution in [0.4, 0.5) is 0 Å². The summed E-state index contributed by atoms with van der Waals surface area (Å²) in [5.74, 6) is 0.148. The zero-order valence-electron chi connectivity index (χ0n) is 11.3. The van der Waals surface area contributed by atoms with E-state index in [1.807, 2.05) is 6.92 Å². The Bertz CT molecular complexity index is 249. The van der Waals surface area contributed by atoms with Crippen molar-refractivity contribution in [1.29, 1.82) is 0 Å². The molecule has 2 unspecified atom stereocenters. The van der Waals surface area contributed by atoms with Gasteiger partial charge in [-0.1, -0.05) is 20.8 Å². The standard InChI is InChI=1S/C13H26N2O/c1-10(12(2,3)4)15-11(16)13(5)8-6-7-9-14-13/h10,14H,6-9H2,1-5H3,(H,15,16). The number of rotatable bonds is 2. The monoisotopic (exact) mass is 226 g/mol. The van der Waals surface area contributed by atoms with Crippen molar-refractivity contribution in [2.24, 2.45) is 5.41 Å². The van der Waals surface area contributed by atoms with Crippen molar-refractivity contribution >= 4 is 5.91 Å². The first kappa shape index (κ1) is 13.5. The van der Waals surface area contributed by atoms with E-state index < -0.39 is 0 Å². The Labute approximate surface area is 99.4 Å². The Morgan fingerprint density at radius 3 is 2.44 bits per heavy atom. The van der Waals surface area contributed by atoms with Gasteiger partial charge in [0, 0.05) is 6.04 Å². The van der Waals surface area contributed by atoms with Gasteiger partial charge in [0.05, 0.1) is 5.54 Å². The van der Waals surface area contributed by atoms with E-state index >= 15 is 0 Å². The van der Waals surface area contributed by atoms with Gasteiger partial charge in [0.25, 0.3) is 0 Å². The largest absolute Gasteiger partial charge is 0.352 e. The van der Waals surface area contributed by atoms with Crippen molar-refractivity contribution in [3.8, 4) is 0 Å². The Kier molecular flexibility index (Phi) is 4.00. The molecule has 16 heavy (non-hydrogen) atoms. The van der Waals surface area contributed by atoms with Crippen LogP contribution < -0.4 is 10.6 Å². The van der Waals surface area contributed by atoms with Crippen LogP contribution in [0.1, 0.15) is 53.9 Å². The highest BCUT2D eigenvalue weighted by molar-refractivity contribution is 5.86. The summed E-state index contributed by atoms with van der Waals surface area (Å²) in [5.41, 5.74) is -0.252. The quantitative estimate of drug-likeness (QED) is 0.757. The summed E-state index contributed by atoms with van der Waals surface area (Å²) in [4.78, 5) is 12.2. The highest BCUT2D eigenvalue weighted by atomic mass is 16.2. The molecule has 1 aliphatic rings. The molecule has 0 spiro atoms. The first-order valence-corrected chi connectivity index (χ1v) is 6.32. The lowest BCUT2D eigenvalue weighted by Crippen LogP contribution is -2.59. The third-order valence-corrected chi connectivity index (χ3v) is 3.77. The number of nitrogens with one attached hydrogen (secondary N) is 2. The van der Waals surface area contributed by atoms with Gasteiger partial charge in [-0.05, 0) is 45.1 Å². The Morgan fingerprint density at radius 2 is 2.00 bits per heavy atom. The predicted octanol–water partition coefficient (Wildman–Crippen LogP) is 2.07. The molecule has 0 bridgehead atoms. The lowest BCUT2D eigenvalue weighted by molar-refractivity contribution is -0.129. The summed E-state index contributed by atoms with van der Waals surface area (Å²) >= 11 is 0. The maximum Gasteiger partial charge on any atom is 0.240 e. The molecule has 0 radical (unpaired) electrons. The molecule has 0 saturated carbocycles. The molecule has 1 fully saturated rings. The molecule has 0 aromatic rings. The molecule has 1 saturated heterocycles. The summed E-state index contributed by atoms with van der Waals surface area (Å²) in [5, 5.41) is 6.47. The van der Waals surface area contributed by atoms with E-state index in [4.69, 9.17) is 0 Å². The predicted molar refractivity (Wildman–Crippen MR) is 67.3 cm³/mol. The zero-order chi connectivity index (χ0) is 12.4. The first-order valence-electron chi connectivity index (χ1n) is 6.32. The number of piperidine rings is 1. The molecule has 94 valence electrons. The number of hydrogen-bond donors (Lipinski definition) is 2. The topological polar surface area (TPSA) is 41.1 Å². The van der Waals surface area contributed by atoms with Crippen molar-refractivity contribution in [2.45, 2.75) is 65.5 Å². The van der Waals surface area contributed by atoms with Crippen molar-refractivity contribution in [3.05, 3.63) is 0 Å². The molecule has 1 amide bonds. The van der Waals surface area contributed by atoms with Gasteiger partial charge in [-0.2, -0.15) is 0 Å². The molecule has 1 aliphatic heterocycles. The van der Waals surface area contributed by atoms with Gasteiger partial charge in [0.2, 0.25) is 5.91 Å². The molecule has 0 aliphatic carbocycles. The molecule has 2 N–H and O–H groups in total. The van der Waals surface area contributed by atoms with Crippen LogP contribution in [0.2, 0.25) is 0 Å². The average Bonchev–Trinajstić information content (AvgIpc) is 2.17. The molecule has 3 nitrogen and oxygen atoms in total. The first-order chi connectivity index (χ1) is 7.26. The van der Waals surface area contributed by atoms with Gasteiger partial charge < -0.3 is 10.6 Å². The summed E-state index contributed by atoms with van der Waals surface area (Å²) in [7, 11) is 0. The molecule has 2 atom stereocenters. The van der Waals surface area contributed by atoms with E-state index in [-0.39, 0.29) is 22.9 Å². The third kappa shape index (κ3) is 3.21. The van der Waals surface area contributed by atoms with Crippen LogP contribution in [0.15, 0.2) is 0 Å². The smallest absolute Gasteiger partial charge is 0.240 e. The fourth-order valence-electron chi connectivity index (χ4n) is 1.82. The Morgan fingerprint density at radius 1 is 1.38 bits per heavy atom. The minimum Gasteiger partial charge on any atom is -0.352 e. The number of carbonyl (C=O) groups excluding carboxylic acids is 1. The lowest BCUT2D eigenvalue weighted by atomic mass is 9.85. The van der Waals surface area contributed by atoms with Crippen LogP contribution >= 0.6 is 0 Å². The summed E-state index contributed by atoms with van der Waals surface area (Å²) in [6, 6.07) is 0.195. The minimum absolute atomic E-state index is 0.112. The van der Waals surface area contributed by atoms with Crippen LogP contribution in [-0.2, 0) is 4.79 Å². The molecule has 1 heterocycles. The third-order valence-electron chi connectivity index (χ3n) is 3.77. The zero-order valence-corrected chi connectivity index (χ0v) is 11.3. The van der Waals surface area contributed by atoms with Crippen molar-refractivity contribution < 1.29 is 4.79 Å². The highest BCUT2D eigenvalue weighted by Gasteiger charge is 2.36. The summed E-state index contributed by atoms with van der Waals surface area (Å²) in [6.07, 6.45) is 3.26. The second-order valence-corrected chi connectivity index (χ2v) is 6.28. The molecule has 1 rings (SSSR count). The van der Waals surface area contributed by atoms with Crippen molar-refractivity contribution in [1.82, 2.24) is 10.6 Å². The number of carbonyl (C=O) groups is 1. The summed E-state index contributed by atoms with van der Waals surface area (Å²) in [6.45, 7) is 11.5. The summed E-state index contributed by atoms with van der Waals surface area (Å²) < 4.78 is 0. The van der Waals surface area contributed by atoms with Crippen LogP contribution in [0, 0.1) is 5.41 Å². The molecular weight excluding hydrogens is 200 g/mol. The highest BCUT2D eigenvalue weighted by Crippen LogP contribution is 2.22. The van der Waals surface area contributed by atoms with Crippen LogP contribution in [0.25, 0.3) is 0 Å². The maximum absolute atomic E-state index is 12.2. The fourth-order valence-corrected chi connectivity index (χ4v) is 1.82. The van der Waals surface area contributed by atoms with Crippen LogP contribution in [0.3, 0.4) is 0 Å². The molecule has 0 aromatic carbocycles. The second-order valence-electron chi connectivity index (χ2n) is 6.28. The van der Waals surface area contributed by atoms with Gasteiger partial charge in [0.1, 0.15) is 0 Å². The van der Waals surface area contributed by atoms with Crippen molar-refractivity contribution in [3.63, 3.8) is 0 Å². The van der Waals surface area contributed by atoms with E-state index in [9.17, 15) is 4.79 Å². The van der Waals surface area contributed by atoms with Gasteiger partial charge >= 0.3 is 0 Å². The maximum atomic E-state index is 12.2. The van der Waals surface area contributed by atoms with E-state index in [0.29, 0.717) is 0 Å². The van der Waals surface area contributed by atoms with Gasteiger partial charge in [-0.3, -0.25) is 4.79 Å². The molecular formula is C13H26N2O. The van der Waals surface area contributed by atoms with Gasteiger partial charge in [0.15, 0.2) is 0 Å². The SMILES string of the molecule is CC(NC(=O)C1(C)CCCCN1)C(C)(C)C. The van der Waals surface area contributed by atoms with E-state index in [1.54, 1.807) is 0 Å². The van der Waals surface area contributed by atoms with E-state index in [2.05, 4.69) is 38.3 Å². The number of hydrogen-bond acceptors (Lipinski definition) is 2. The van der Waals surface area contributed by atoms with E-state index in [1.165, 1.54) is 6.42 Å². The second kappa shape index (κ2) is 4.74. The van der Waals surface area contributed by atoms with E-state index in [0.717, 1.165) is 19.4 Å². The van der Waals surface area contributed by atoms with Crippen LogP contribution in [0.5, 0.6) is 0 Å². The van der Waals surface area contributed by atoms with Gasteiger partial charge in [-0.15, -0.1) is 0 Å². The number of amides is 1. The van der Waals surface area contributed by atoms with Gasteiger partial charge in [-0.25, -0.2) is 0 Å². The molecule has 3 heteroatoms. The van der Waals surface area contributed by atoms with Crippen molar-refractivity contribution in [2.75, 3.05) is 6.54 Å². The lowest BCUT2D eigenvalue weighted by Gasteiger charge is -2.37. The normalized spacial score (nSPS) is 28.6. The molecule has 0 aromatic heterocycles. The van der Waals surface area contributed by atoms with Crippen LogP contribution in [-0.4, -0.2) is 24.0 Å². The Hall–Kier alpha value is -0.570. The average molecular weight is 226 g/mol. The Balaban J connectivity index is 2.57.